The summed E-state index contributed by atoms with van der Waals surface area (Å²) in [5.74, 6) is 2.38. The van der Waals surface area contributed by atoms with E-state index in [1.165, 1.54) is 44.1 Å². The first-order valence-electron chi connectivity index (χ1n) is 8.17. The molecular formula is C18H33N. The smallest absolute Gasteiger partial charge is 0.00374 e. The van der Waals surface area contributed by atoms with Gasteiger partial charge in [0, 0.05) is 0 Å². The van der Waals surface area contributed by atoms with E-state index >= 15 is 0 Å². The van der Waals surface area contributed by atoms with Crippen molar-refractivity contribution in [1.29, 1.82) is 0 Å². The van der Waals surface area contributed by atoms with E-state index in [9.17, 15) is 0 Å². The molecule has 1 aliphatic carbocycles. The molecule has 0 aromatic carbocycles. The standard InChI is InChI=1S/C18H33N/c1-5-6-7-8-9-10-15(3)18-16(4)12-11-14(2)17(18)13-19/h11-12,14,16-18H,3,5-10,13,19H2,1-2,4H3. The Bertz CT molecular complexity index is 292. The average molecular weight is 263 g/mol. The van der Waals surface area contributed by atoms with Crippen LogP contribution in [0.3, 0.4) is 0 Å². The Morgan fingerprint density at radius 3 is 2.32 bits per heavy atom. The fourth-order valence-electron chi connectivity index (χ4n) is 3.49. The van der Waals surface area contributed by atoms with Gasteiger partial charge in [-0.15, -0.1) is 0 Å². The lowest BCUT2D eigenvalue weighted by Crippen LogP contribution is -2.35. The van der Waals surface area contributed by atoms with E-state index in [-0.39, 0.29) is 0 Å². The van der Waals surface area contributed by atoms with Gasteiger partial charge in [-0.05, 0) is 43.1 Å². The second-order valence-corrected chi connectivity index (χ2v) is 6.35. The molecule has 0 spiro atoms. The van der Waals surface area contributed by atoms with Gasteiger partial charge in [-0.2, -0.15) is 0 Å². The lowest BCUT2D eigenvalue weighted by atomic mass is 9.68. The molecule has 0 fully saturated rings. The molecule has 0 aromatic heterocycles. The van der Waals surface area contributed by atoms with Crippen LogP contribution in [0.25, 0.3) is 0 Å². The molecule has 19 heavy (non-hydrogen) atoms. The van der Waals surface area contributed by atoms with Gasteiger partial charge in [-0.3, -0.25) is 0 Å². The van der Waals surface area contributed by atoms with E-state index in [1.807, 2.05) is 0 Å². The number of hydrogen-bond donors (Lipinski definition) is 1. The zero-order valence-corrected chi connectivity index (χ0v) is 13.2. The van der Waals surface area contributed by atoms with Gasteiger partial charge in [-0.1, -0.05) is 70.8 Å². The highest BCUT2D eigenvalue weighted by molar-refractivity contribution is 5.14. The highest BCUT2D eigenvalue weighted by atomic mass is 14.6. The second-order valence-electron chi connectivity index (χ2n) is 6.35. The van der Waals surface area contributed by atoms with E-state index < -0.39 is 0 Å². The van der Waals surface area contributed by atoms with Gasteiger partial charge >= 0.3 is 0 Å². The van der Waals surface area contributed by atoms with Crippen LogP contribution >= 0.6 is 0 Å². The topological polar surface area (TPSA) is 26.0 Å². The molecule has 4 unspecified atom stereocenters. The predicted molar refractivity (Wildman–Crippen MR) is 86.0 cm³/mol. The maximum absolute atomic E-state index is 6.00. The lowest BCUT2D eigenvalue weighted by Gasteiger charge is -2.38. The summed E-state index contributed by atoms with van der Waals surface area (Å²) in [4.78, 5) is 0. The fourth-order valence-corrected chi connectivity index (χ4v) is 3.49. The Labute approximate surface area is 120 Å². The number of allylic oxidation sites excluding steroid dienone is 3. The van der Waals surface area contributed by atoms with Crippen molar-refractivity contribution in [3.8, 4) is 0 Å². The van der Waals surface area contributed by atoms with Crippen LogP contribution in [0.5, 0.6) is 0 Å². The highest BCUT2D eigenvalue weighted by Crippen LogP contribution is 2.39. The minimum Gasteiger partial charge on any atom is -0.330 e. The Hall–Kier alpha value is -0.560. The molecule has 0 saturated heterocycles. The van der Waals surface area contributed by atoms with Crippen LogP contribution in [-0.2, 0) is 0 Å². The molecule has 1 rings (SSSR count). The summed E-state index contributed by atoms with van der Waals surface area (Å²) in [6, 6.07) is 0. The van der Waals surface area contributed by atoms with Gasteiger partial charge in [0.2, 0.25) is 0 Å². The summed E-state index contributed by atoms with van der Waals surface area (Å²) < 4.78 is 0. The molecule has 0 aromatic rings. The third-order valence-electron chi connectivity index (χ3n) is 4.77. The van der Waals surface area contributed by atoms with Crippen molar-refractivity contribution < 1.29 is 0 Å². The first-order chi connectivity index (χ1) is 9.11. The molecule has 0 amide bonds. The van der Waals surface area contributed by atoms with Crippen LogP contribution in [0, 0.1) is 23.7 Å². The van der Waals surface area contributed by atoms with Gasteiger partial charge < -0.3 is 5.73 Å². The SMILES string of the molecule is C=C(CCCCCCC)C1C(C)C=CC(C)C1CN. The van der Waals surface area contributed by atoms with Crippen molar-refractivity contribution in [1.82, 2.24) is 0 Å². The molecule has 4 atom stereocenters. The average Bonchev–Trinajstić information content (AvgIpc) is 2.40. The quantitative estimate of drug-likeness (QED) is 0.487. The van der Waals surface area contributed by atoms with E-state index in [1.54, 1.807) is 0 Å². The van der Waals surface area contributed by atoms with Crippen molar-refractivity contribution in [2.75, 3.05) is 6.54 Å². The molecule has 1 nitrogen and oxygen atoms in total. The maximum Gasteiger partial charge on any atom is -0.00374 e. The van der Waals surface area contributed by atoms with E-state index in [4.69, 9.17) is 5.73 Å². The summed E-state index contributed by atoms with van der Waals surface area (Å²) in [6.45, 7) is 12.1. The molecule has 0 heterocycles. The zero-order valence-electron chi connectivity index (χ0n) is 13.2. The minimum absolute atomic E-state index is 0.586. The molecule has 110 valence electrons. The third kappa shape index (κ3) is 4.80. The number of hydrogen-bond acceptors (Lipinski definition) is 1. The van der Waals surface area contributed by atoms with Gasteiger partial charge in [-0.25, -0.2) is 0 Å². The predicted octanol–water partition coefficient (Wildman–Crippen LogP) is 4.94. The molecule has 1 aliphatic rings. The highest BCUT2D eigenvalue weighted by Gasteiger charge is 2.32. The number of rotatable bonds is 8. The zero-order chi connectivity index (χ0) is 14.3. The number of unbranched alkanes of at least 4 members (excludes halogenated alkanes) is 4. The van der Waals surface area contributed by atoms with Crippen LogP contribution in [-0.4, -0.2) is 6.54 Å². The third-order valence-corrected chi connectivity index (χ3v) is 4.77. The summed E-state index contributed by atoms with van der Waals surface area (Å²) in [6.07, 6.45) is 12.6. The number of nitrogens with two attached hydrogens (primary N) is 1. The van der Waals surface area contributed by atoms with Crippen LogP contribution in [0.15, 0.2) is 24.3 Å². The summed E-state index contributed by atoms with van der Waals surface area (Å²) >= 11 is 0. The first kappa shape index (κ1) is 16.5. The molecule has 0 radical (unpaired) electrons. The van der Waals surface area contributed by atoms with Crippen LogP contribution < -0.4 is 5.73 Å². The lowest BCUT2D eigenvalue weighted by molar-refractivity contribution is 0.247. The summed E-state index contributed by atoms with van der Waals surface area (Å²) in [5.41, 5.74) is 7.44. The van der Waals surface area contributed by atoms with Gasteiger partial charge in [0.25, 0.3) is 0 Å². The van der Waals surface area contributed by atoms with Crippen LogP contribution in [0.4, 0.5) is 0 Å². The van der Waals surface area contributed by atoms with Crippen molar-refractivity contribution in [3.05, 3.63) is 24.3 Å². The van der Waals surface area contributed by atoms with Gasteiger partial charge in [0.05, 0.1) is 0 Å². The molecule has 0 bridgehead atoms. The molecular weight excluding hydrogens is 230 g/mol. The normalized spacial score (nSPS) is 30.5. The van der Waals surface area contributed by atoms with Crippen molar-refractivity contribution in [2.45, 2.75) is 59.3 Å². The van der Waals surface area contributed by atoms with E-state index in [2.05, 4.69) is 39.5 Å². The Balaban J connectivity index is 2.47. The minimum atomic E-state index is 0.586. The molecule has 2 N–H and O–H groups in total. The monoisotopic (exact) mass is 263 g/mol. The summed E-state index contributed by atoms with van der Waals surface area (Å²) in [7, 11) is 0. The van der Waals surface area contributed by atoms with Crippen molar-refractivity contribution in [2.24, 2.45) is 29.4 Å². The van der Waals surface area contributed by atoms with E-state index in [0.29, 0.717) is 23.7 Å². The van der Waals surface area contributed by atoms with Gasteiger partial charge in [0.1, 0.15) is 0 Å². The largest absolute Gasteiger partial charge is 0.330 e. The first-order valence-corrected chi connectivity index (χ1v) is 8.17. The van der Waals surface area contributed by atoms with Crippen LogP contribution in [0.1, 0.15) is 59.3 Å². The van der Waals surface area contributed by atoms with Crippen molar-refractivity contribution >= 4 is 0 Å². The second kappa shape index (κ2) is 8.58. The fraction of sp³-hybridized carbons (Fsp3) is 0.778. The van der Waals surface area contributed by atoms with Crippen LogP contribution in [0.2, 0.25) is 0 Å². The maximum atomic E-state index is 6.00. The van der Waals surface area contributed by atoms with E-state index in [0.717, 1.165) is 6.54 Å². The Morgan fingerprint density at radius 2 is 1.68 bits per heavy atom. The van der Waals surface area contributed by atoms with Gasteiger partial charge in [0.15, 0.2) is 0 Å². The Morgan fingerprint density at radius 1 is 1.05 bits per heavy atom. The Kier molecular flexibility index (Phi) is 7.45. The molecule has 0 aliphatic heterocycles. The molecule has 0 saturated carbocycles. The van der Waals surface area contributed by atoms with Crippen molar-refractivity contribution in [3.63, 3.8) is 0 Å². The summed E-state index contributed by atoms with van der Waals surface area (Å²) in [5, 5.41) is 0. The molecule has 1 heteroatoms.